The number of likely N-dealkylation sites (tertiary alicyclic amines) is 1. The van der Waals surface area contributed by atoms with Crippen molar-refractivity contribution in [3.8, 4) is 5.75 Å². The van der Waals surface area contributed by atoms with Crippen molar-refractivity contribution in [1.82, 2.24) is 20.0 Å². The number of carbonyl (C=O) groups is 2. The lowest BCUT2D eigenvalue weighted by Gasteiger charge is -2.43. The lowest BCUT2D eigenvalue weighted by Crippen LogP contribution is -2.55. The maximum absolute atomic E-state index is 13.9. The molecule has 1 fully saturated rings. The highest BCUT2D eigenvalue weighted by atomic mass is 35.5. The molecule has 8 nitrogen and oxygen atoms in total. The number of halogens is 4. The summed E-state index contributed by atoms with van der Waals surface area (Å²) in [6, 6.07) is 4.02. The van der Waals surface area contributed by atoms with E-state index in [-0.39, 0.29) is 24.0 Å². The van der Waals surface area contributed by atoms with Crippen LogP contribution < -0.4 is 5.32 Å². The van der Waals surface area contributed by atoms with Gasteiger partial charge in [0.05, 0.1) is 11.7 Å². The van der Waals surface area contributed by atoms with E-state index in [9.17, 15) is 33.0 Å². The SMILES string of the molecule is CN(C)C(=O)C1=C(Cl)NC(N2CCC(C)(CCCN(C)C(=O)[C@](O)(c3cccc(O)c3)C(F)(F)F)CC2)C=C1. The molecule has 216 valence electrons. The molecule has 3 rings (SSSR count). The van der Waals surface area contributed by atoms with E-state index in [0.717, 1.165) is 55.1 Å². The fraction of sp³-hybridized carbons (Fsp3) is 0.556. The van der Waals surface area contributed by atoms with Crippen LogP contribution in [0.5, 0.6) is 5.75 Å². The smallest absolute Gasteiger partial charge is 0.430 e. The molecule has 2 amide bonds. The second-order valence-electron chi connectivity index (χ2n) is 10.8. The van der Waals surface area contributed by atoms with Gasteiger partial charge in [-0.3, -0.25) is 14.5 Å². The number of nitrogens with one attached hydrogen (secondary N) is 1. The van der Waals surface area contributed by atoms with Gasteiger partial charge in [0, 0.05) is 46.3 Å². The molecule has 2 heterocycles. The highest BCUT2D eigenvalue weighted by Crippen LogP contribution is 2.42. The minimum atomic E-state index is -5.27. The topological polar surface area (TPSA) is 96.4 Å². The quantitative estimate of drug-likeness (QED) is 0.413. The monoisotopic (exact) mass is 572 g/mol. The van der Waals surface area contributed by atoms with Gasteiger partial charge in [0.25, 0.3) is 17.4 Å². The molecule has 2 aliphatic heterocycles. The second kappa shape index (κ2) is 11.8. The predicted octanol–water partition coefficient (Wildman–Crippen LogP) is 3.51. The summed E-state index contributed by atoms with van der Waals surface area (Å²) in [4.78, 5) is 29.6. The van der Waals surface area contributed by atoms with Crippen molar-refractivity contribution in [3.05, 3.63) is 52.7 Å². The van der Waals surface area contributed by atoms with E-state index >= 15 is 0 Å². The van der Waals surface area contributed by atoms with Crippen LogP contribution >= 0.6 is 11.6 Å². The zero-order valence-corrected chi connectivity index (χ0v) is 23.3. The fourth-order valence-corrected chi connectivity index (χ4v) is 5.24. The standard InChI is InChI=1S/C27H36ClF3N4O4/c1-25(12-15-35(16-13-25)21-10-9-20(22(28)32-21)23(37)33(2)3)11-6-14-34(4)24(38)26(39,27(29,30)31)18-7-5-8-19(36)17-18/h5,7-10,17,21,32,36,39H,6,11-16H2,1-4H3/t21?,26-/m1/s1. The largest absolute Gasteiger partial charge is 0.508 e. The Hall–Kier alpha value is -2.76. The molecule has 12 heteroatoms. The van der Waals surface area contributed by atoms with Crippen molar-refractivity contribution < 1.29 is 33.0 Å². The van der Waals surface area contributed by atoms with Gasteiger partial charge in [0.1, 0.15) is 10.9 Å². The molecule has 0 radical (unpaired) electrons. The van der Waals surface area contributed by atoms with Crippen LogP contribution in [0.25, 0.3) is 0 Å². The normalized spacial score (nSPS) is 21.2. The summed E-state index contributed by atoms with van der Waals surface area (Å²) in [6.07, 6.45) is 1.01. The molecule has 2 aliphatic rings. The molecule has 1 aromatic carbocycles. The molecule has 0 aliphatic carbocycles. The molecule has 0 spiro atoms. The Morgan fingerprint density at radius 3 is 2.38 bits per heavy atom. The number of rotatable bonds is 8. The lowest BCUT2D eigenvalue weighted by atomic mass is 9.76. The number of aliphatic hydroxyl groups is 1. The van der Waals surface area contributed by atoms with Crippen LogP contribution in [0.15, 0.2) is 47.1 Å². The van der Waals surface area contributed by atoms with Crippen molar-refractivity contribution in [2.45, 2.75) is 50.6 Å². The highest BCUT2D eigenvalue weighted by Gasteiger charge is 2.61. The summed E-state index contributed by atoms with van der Waals surface area (Å²) in [6.45, 7) is 3.65. The average molecular weight is 573 g/mol. The van der Waals surface area contributed by atoms with E-state index in [1.807, 2.05) is 6.08 Å². The Bertz CT molecular complexity index is 1130. The van der Waals surface area contributed by atoms with Gasteiger partial charge in [0.2, 0.25) is 0 Å². The van der Waals surface area contributed by atoms with E-state index in [0.29, 0.717) is 23.6 Å². The van der Waals surface area contributed by atoms with E-state index in [4.69, 9.17) is 11.6 Å². The third kappa shape index (κ3) is 6.70. The molecule has 0 bridgehead atoms. The van der Waals surface area contributed by atoms with Crippen molar-refractivity contribution in [3.63, 3.8) is 0 Å². The number of likely N-dealkylation sites (N-methyl/N-ethyl adjacent to an activating group) is 2. The summed E-state index contributed by atoms with van der Waals surface area (Å²) >= 11 is 6.33. The second-order valence-corrected chi connectivity index (χ2v) is 11.2. The number of piperidine rings is 1. The van der Waals surface area contributed by atoms with Crippen molar-refractivity contribution in [2.24, 2.45) is 5.41 Å². The lowest BCUT2D eigenvalue weighted by molar-refractivity contribution is -0.261. The van der Waals surface area contributed by atoms with Gasteiger partial charge in [-0.15, -0.1) is 0 Å². The van der Waals surface area contributed by atoms with Gasteiger partial charge >= 0.3 is 6.18 Å². The number of amides is 2. The molecule has 0 aromatic heterocycles. The van der Waals surface area contributed by atoms with E-state index < -0.39 is 29.0 Å². The summed E-state index contributed by atoms with van der Waals surface area (Å²) in [5.74, 6) is -2.16. The molecule has 1 saturated heterocycles. The van der Waals surface area contributed by atoms with E-state index in [2.05, 4.69) is 17.1 Å². The number of aromatic hydroxyl groups is 1. The first-order valence-corrected chi connectivity index (χ1v) is 13.1. The molecule has 3 N–H and O–H groups in total. The van der Waals surface area contributed by atoms with E-state index in [1.165, 1.54) is 11.9 Å². The maximum atomic E-state index is 13.9. The number of benzene rings is 1. The van der Waals surface area contributed by atoms with Crippen LogP contribution in [0.4, 0.5) is 13.2 Å². The average Bonchev–Trinajstić information content (AvgIpc) is 2.86. The van der Waals surface area contributed by atoms with Gasteiger partial charge < -0.3 is 25.3 Å². The summed E-state index contributed by atoms with van der Waals surface area (Å²) in [7, 11) is 4.55. The molecular weight excluding hydrogens is 537 g/mol. The highest BCUT2D eigenvalue weighted by molar-refractivity contribution is 6.32. The number of phenolic OH excluding ortho intramolecular Hbond substituents is 1. The number of carbonyl (C=O) groups excluding carboxylic acids is 2. The molecule has 2 atom stereocenters. The van der Waals surface area contributed by atoms with Crippen LogP contribution in [0.1, 0.15) is 38.2 Å². The Morgan fingerprint density at radius 1 is 1.21 bits per heavy atom. The first kappa shape index (κ1) is 30.8. The Balaban J connectivity index is 1.54. The summed E-state index contributed by atoms with van der Waals surface area (Å²) in [5, 5.41) is 23.6. The Morgan fingerprint density at radius 2 is 1.85 bits per heavy atom. The Labute approximate surface area is 231 Å². The van der Waals surface area contributed by atoms with Crippen LogP contribution in [0, 0.1) is 5.41 Å². The molecule has 0 saturated carbocycles. The fourth-order valence-electron chi connectivity index (χ4n) is 4.99. The van der Waals surface area contributed by atoms with Crippen LogP contribution in [-0.2, 0) is 15.2 Å². The Kier molecular flexibility index (Phi) is 9.29. The van der Waals surface area contributed by atoms with Crippen molar-refractivity contribution in [1.29, 1.82) is 0 Å². The van der Waals surface area contributed by atoms with Gasteiger partial charge in [-0.1, -0.05) is 30.7 Å². The number of alkyl halides is 3. The number of phenols is 1. The van der Waals surface area contributed by atoms with Crippen LogP contribution in [-0.4, -0.2) is 89.8 Å². The van der Waals surface area contributed by atoms with E-state index in [1.54, 1.807) is 20.2 Å². The maximum Gasteiger partial charge on any atom is 0.430 e. The molecule has 1 unspecified atom stereocenters. The number of dihydropyridines is 1. The van der Waals surface area contributed by atoms with Crippen LogP contribution in [0.2, 0.25) is 0 Å². The van der Waals surface area contributed by atoms with Gasteiger partial charge in [-0.2, -0.15) is 13.2 Å². The predicted molar refractivity (Wildman–Crippen MR) is 141 cm³/mol. The first-order chi connectivity index (χ1) is 18.1. The third-order valence-corrected chi connectivity index (χ3v) is 7.91. The van der Waals surface area contributed by atoms with Gasteiger partial charge in [0.15, 0.2) is 0 Å². The number of nitrogens with zero attached hydrogens (tertiary/aromatic N) is 3. The van der Waals surface area contributed by atoms with Crippen molar-refractivity contribution >= 4 is 23.4 Å². The first-order valence-electron chi connectivity index (χ1n) is 12.7. The summed E-state index contributed by atoms with van der Waals surface area (Å²) < 4.78 is 41.7. The van der Waals surface area contributed by atoms with Crippen LogP contribution in [0.3, 0.4) is 0 Å². The zero-order valence-electron chi connectivity index (χ0n) is 22.6. The number of hydrogen-bond donors (Lipinski definition) is 3. The van der Waals surface area contributed by atoms with Gasteiger partial charge in [-0.05, 0) is 55.4 Å². The molecule has 1 aromatic rings. The minimum Gasteiger partial charge on any atom is -0.508 e. The zero-order chi connectivity index (χ0) is 29.2. The molecule has 39 heavy (non-hydrogen) atoms. The minimum absolute atomic E-state index is 0.0331. The molecular formula is C27H36ClF3N4O4. The van der Waals surface area contributed by atoms with Gasteiger partial charge in [-0.25, -0.2) is 0 Å². The third-order valence-electron chi connectivity index (χ3n) is 7.60. The number of hydrogen-bond acceptors (Lipinski definition) is 6. The summed E-state index contributed by atoms with van der Waals surface area (Å²) in [5.41, 5.74) is -4.16. The van der Waals surface area contributed by atoms with Crippen molar-refractivity contribution in [2.75, 3.05) is 40.8 Å².